The van der Waals surface area contributed by atoms with Gasteiger partial charge >= 0.3 is 0 Å². The van der Waals surface area contributed by atoms with E-state index in [4.69, 9.17) is 10.2 Å². The van der Waals surface area contributed by atoms with E-state index in [1.54, 1.807) is 6.26 Å². The molecule has 0 aliphatic rings. The first kappa shape index (κ1) is 12.2. The maximum atomic E-state index is 5.78. The molecule has 0 spiro atoms. The van der Waals surface area contributed by atoms with Gasteiger partial charge in [0, 0.05) is 12.2 Å². The first-order valence-electron chi connectivity index (χ1n) is 5.47. The molecule has 1 aromatic carbocycles. The zero-order valence-electron chi connectivity index (χ0n) is 9.61. The average Bonchev–Trinajstić information content (AvgIpc) is 2.72. The van der Waals surface area contributed by atoms with Gasteiger partial charge in [-0.15, -0.1) is 0 Å². The Morgan fingerprint density at radius 3 is 2.82 bits per heavy atom. The molecule has 1 heterocycles. The molecule has 3 N–H and O–H groups in total. The highest BCUT2D eigenvalue weighted by Gasteiger charge is 2.16. The molecule has 17 heavy (non-hydrogen) atoms. The van der Waals surface area contributed by atoms with Crippen molar-refractivity contribution in [3.8, 4) is 0 Å². The van der Waals surface area contributed by atoms with Crippen molar-refractivity contribution in [3.63, 3.8) is 0 Å². The Labute approximate surface area is 109 Å². The molecule has 0 saturated carbocycles. The van der Waals surface area contributed by atoms with Gasteiger partial charge < -0.3 is 15.5 Å². The molecule has 0 amide bonds. The summed E-state index contributed by atoms with van der Waals surface area (Å²) in [5.74, 6) is 0.828. The topological polar surface area (TPSA) is 51.2 Å². The van der Waals surface area contributed by atoms with Crippen molar-refractivity contribution >= 4 is 21.6 Å². The second-order valence-corrected chi connectivity index (χ2v) is 4.79. The van der Waals surface area contributed by atoms with Crippen LogP contribution in [0.15, 0.2) is 45.5 Å². The van der Waals surface area contributed by atoms with E-state index in [-0.39, 0.29) is 6.04 Å². The van der Waals surface area contributed by atoms with Crippen molar-refractivity contribution in [2.24, 2.45) is 5.73 Å². The maximum absolute atomic E-state index is 5.78. The largest absolute Gasteiger partial charge is 0.466 e. The molecule has 3 nitrogen and oxygen atoms in total. The summed E-state index contributed by atoms with van der Waals surface area (Å²) in [6, 6.07) is 10.0. The molecule has 1 atom stereocenters. The first-order chi connectivity index (χ1) is 8.20. The Hall–Kier alpha value is -1.26. The van der Waals surface area contributed by atoms with E-state index >= 15 is 0 Å². The van der Waals surface area contributed by atoms with Gasteiger partial charge in [-0.05, 0) is 46.6 Å². The molecule has 2 rings (SSSR count). The summed E-state index contributed by atoms with van der Waals surface area (Å²) in [4.78, 5) is 0. The summed E-state index contributed by atoms with van der Waals surface area (Å²) in [6.45, 7) is 2.53. The fourth-order valence-corrected chi connectivity index (χ4v) is 2.20. The van der Waals surface area contributed by atoms with E-state index in [1.807, 2.05) is 18.2 Å². The van der Waals surface area contributed by atoms with E-state index in [9.17, 15) is 0 Å². The SMILES string of the molecule is Cc1cccc(NC(CN)c2occc2Br)c1. The Bertz CT molecular complexity index is 496. The number of benzene rings is 1. The molecule has 0 saturated heterocycles. The number of rotatable bonds is 4. The van der Waals surface area contributed by atoms with Crippen molar-refractivity contribution < 1.29 is 4.42 Å². The Balaban J connectivity index is 2.19. The monoisotopic (exact) mass is 294 g/mol. The van der Waals surface area contributed by atoms with Gasteiger partial charge in [0.1, 0.15) is 5.76 Å². The molecular formula is C13H15BrN2O. The molecule has 2 aromatic rings. The summed E-state index contributed by atoms with van der Waals surface area (Å²) >= 11 is 3.45. The van der Waals surface area contributed by atoms with Crippen LogP contribution in [0.1, 0.15) is 17.4 Å². The van der Waals surface area contributed by atoms with Gasteiger partial charge in [-0.2, -0.15) is 0 Å². The second kappa shape index (κ2) is 5.38. The standard InChI is InChI=1S/C13H15BrN2O/c1-9-3-2-4-10(7-9)16-12(8-15)13-11(14)5-6-17-13/h2-7,12,16H,8,15H2,1H3. The van der Waals surface area contributed by atoms with E-state index in [2.05, 4.69) is 40.3 Å². The minimum absolute atomic E-state index is 0.0267. The van der Waals surface area contributed by atoms with Crippen LogP contribution in [-0.4, -0.2) is 6.54 Å². The summed E-state index contributed by atoms with van der Waals surface area (Å²) in [7, 11) is 0. The Morgan fingerprint density at radius 1 is 1.41 bits per heavy atom. The highest BCUT2D eigenvalue weighted by Crippen LogP contribution is 2.27. The average molecular weight is 295 g/mol. The summed E-state index contributed by atoms with van der Waals surface area (Å²) in [5.41, 5.74) is 8.03. The van der Waals surface area contributed by atoms with Gasteiger partial charge in [0.15, 0.2) is 0 Å². The van der Waals surface area contributed by atoms with Crippen LogP contribution in [0.25, 0.3) is 0 Å². The number of hydrogen-bond donors (Lipinski definition) is 2. The van der Waals surface area contributed by atoms with Gasteiger partial charge in [0.2, 0.25) is 0 Å². The molecule has 0 aliphatic heterocycles. The molecule has 0 bridgehead atoms. The predicted octanol–water partition coefficient (Wildman–Crippen LogP) is 3.46. The molecule has 0 fully saturated rings. The quantitative estimate of drug-likeness (QED) is 0.908. The third-order valence-corrected chi connectivity index (χ3v) is 3.21. The van der Waals surface area contributed by atoms with Crippen LogP contribution < -0.4 is 11.1 Å². The van der Waals surface area contributed by atoms with Crippen LogP contribution >= 0.6 is 15.9 Å². The number of halogens is 1. The normalized spacial score (nSPS) is 12.4. The molecule has 1 unspecified atom stereocenters. The molecule has 4 heteroatoms. The van der Waals surface area contributed by atoms with Crippen molar-refractivity contribution in [2.45, 2.75) is 13.0 Å². The van der Waals surface area contributed by atoms with Crippen molar-refractivity contribution in [1.82, 2.24) is 0 Å². The number of hydrogen-bond acceptors (Lipinski definition) is 3. The molecule has 0 radical (unpaired) electrons. The van der Waals surface area contributed by atoms with Crippen LogP contribution in [0.5, 0.6) is 0 Å². The first-order valence-corrected chi connectivity index (χ1v) is 6.26. The van der Waals surface area contributed by atoms with Crippen molar-refractivity contribution in [1.29, 1.82) is 0 Å². The van der Waals surface area contributed by atoms with Crippen LogP contribution in [0.2, 0.25) is 0 Å². The van der Waals surface area contributed by atoms with Gasteiger partial charge in [0.05, 0.1) is 16.8 Å². The van der Waals surface area contributed by atoms with Gasteiger partial charge in [-0.3, -0.25) is 0 Å². The minimum atomic E-state index is -0.0267. The predicted molar refractivity (Wildman–Crippen MR) is 73.0 cm³/mol. The lowest BCUT2D eigenvalue weighted by Crippen LogP contribution is -2.20. The zero-order valence-corrected chi connectivity index (χ0v) is 11.2. The Morgan fingerprint density at radius 2 is 2.24 bits per heavy atom. The lowest BCUT2D eigenvalue weighted by molar-refractivity contribution is 0.479. The van der Waals surface area contributed by atoms with Crippen LogP contribution in [-0.2, 0) is 0 Å². The Kier molecular flexibility index (Phi) is 3.86. The van der Waals surface area contributed by atoms with Gasteiger partial charge in [-0.1, -0.05) is 12.1 Å². The molecule has 90 valence electrons. The minimum Gasteiger partial charge on any atom is -0.466 e. The fourth-order valence-electron chi connectivity index (χ4n) is 1.72. The molecular weight excluding hydrogens is 280 g/mol. The van der Waals surface area contributed by atoms with Crippen LogP contribution in [0.4, 0.5) is 5.69 Å². The smallest absolute Gasteiger partial charge is 0.141 e. The van der Waals surface area contributed by atoms with E-state index in [0.29, 0.717) is 6.54 Å². The number of nitrogens with one attached hydrogen (secondary N) is 1. The van der Waals surface area contributed by atoms with Gasteiger partial charge in [-0.25, -0.2) is 0 Å². The van der Waals surface area contributed by atoms with Crippen LogP contribution in [0.3, 0.4) is 0 Å². The van der Waals surface area contributed by atoms with E-state index < -0.39 is 0 Å². The van der Waals surface area contributed by atoms with Crippen LogP contribution in [0, 0.1) is 6.92 Å². The summed E-state index contributed by atoms with van der Waals surface area (Å²) in [5, 5.41) is 3.36. The lowest BCUT2D eigenvalue weighted by Gasteiger charge is -2.16. The highest BCUT2D eigenvalue weighted by atomic mass is 79.9. The number of furan rings is 1. The van der Waals surface area contributed by atoms with Gasteiger partial charge in [0.25, 0.3) is 0 Å². The highest BCUT2D eigenvalue weighted by molar-refractivity contribution is 9.10. The third kappa shape index (κ3) is 2.90. The number of nitrogens with two attached hydrogens (primary N) is 1. The lowest BCUT2D eigenvalue weighted by atomic mass is 10.2. The fraction of sp³-hybridized carbons (Fsp3) is 0.231. The van der Waals surface area contributed by atoms with E-state index in [1.165, 1.54) is 5.56 Å². The summed E-state index contributed by atoms with van der Waals surface area (Å²) < 4.78 is 6.37. The molecule has 1 aromatic heterocycles. The molecule has 0 aliphatic carbocycles. The van der Waals surface area contributed by atoms with Crippen molar-refractivity contribution in [3.05, 3.63) is 52.4 Å². The van der Waals surface area contributed by atoms with Crippen molar-refractivity contribution in [2.75, 3.05) is 11.9 Å². The zero-order chi connectivity index (χ0) is 12.3. The number of anilines is 1. The third-order valence-electron chi connectivity index (χ3n) is 2.56. The second-order valence-electron chi connectivity index (χ2n) is 3.93. The van der Waals surface area contributed by atoms with E-state index in [0.717, 1.165) is 15.9 Å². The number of aryl methyl sites for hydroxylation is 1. The summed E-state index contributed by atoms with van der Waals surface area (Å²) in [6.07, 6.45) is 1.65. The maximum Gasteiger partial charge on any atom is 0.141 e.